The van der Waals surface area contributed by atoms with E-state index in [0.29, 0.717) is 11.0 Å². The highest BCUT2D eigenvalue weighted by atomic mass is 32.2. The molecule has 3 atom stereocenters. The molecular weight excluding hydrogens is 226 g/mol. The quantitative estimate of drug-likeness (QED) is 0.828. The molecule has 2 nitrogen and oxygen atoms in total. The summed E-state index contributed by atoms with van der Waals surface area (Å²) in [6, 6.07) is 0. The lowest BCUT2D eigenvalue weighted by Crippen LogP contribution is -2.32. The SMILES string of the molecule is CCCC(=O)NCC1SC(C)C[C@H](C)S1. The van der Waals surface area contributed by atoms with E-state index in [4.69, 9.17) is 0 Å². The van der Waals surface area contributed by atoms with Gasteiger partial charge in [0.15, 0.2) is 0 Å². The maximum Gasteiger partial charge on any atom is 0.220 e. The van der Waals surface area contributed by atoms with Crippen LogP contribution in [0.15, 0.2) is 0 Å². The summed E-state index contributed by atoms with van der Waals surface area (Å²) in [5.41, 5.74) is 0. The number of carbonyl (C=O) groups is 1. The van der Waals surface area contributed by atoms with Crippen molar-refractivity contribution < 1.29 is 4.79 Å². The Bertz CT molecular complexity index is 201. The average Bonchev–Trinajstić information content (AvgIpc) is 2.14. The molecule has 0 aromatic rings. The van der Waals surface area contributed by atoms with Gasteiger partial charge >= 0.3 is 0 Å². The molecule has 15 heavy (non-hydrogen) atoms. The van der Waals surface area contributed by atoms with Crippen LogP contribution in [-0.4, -0.2) is 27.5 Å². The molecule has 1 aliphatic heterocycles. The van der Waals surface area contributed by atoms with Crippen LogP contribution in [0.4, 0.5) is 0 Å². The van der Waals surface area contributed by atoms with E-state index in [1.54, 1.807) is 0 Å². The molecule has 0 bridgehead atoms. The zero-order valence-corrected chi connectivity index (χ0v) is 11.4. The molecule has 88 valence electrons. The Morgan fingerprint density at radius 1 is 1.33 bits per heavy atom. The number of rotatable bonds is 4. The first-order chi connectivity index (χ1) is 7.11. The van der Waals surface area contributed by atoms with Gasteiger partial charge in [0.2, 0.25) is 5.91 Å². The van der Waals surface area contributed by atoms with E-state index in [1.807, 2.05) is 30.4 Å². The highest BCUT2D eigenvalue weighted by Gasteiger charge is 2.24. The van der Waals surface area contributed by atoms with Crippen molar-refractivity contribution >= 4 is 29.4 Å². The largest absolute Gasteiger partial charge is 0.354 e. The van der Waals surface area contributed by atoms with E-state index in [-0.39, 0.29) is 5.91 Å². The summed E-state index contributed by atoms with van der Waals surface area (Å²) in [5.74, 6) is 0.199. The van der Waals surface area contributed by atoms with Gasteiger partial charge in [0, 0.05) is 23.5 Å². The molecule has 0 aromatic heterocycles. The molecule has 1 saturated heterocycles. The third-order valence-corrected chi connectivity index (χ3v) is 5.30. The van der Waals surface area contributed by atoms with E-state index in [0.717, 1.165) is 23.5 Å². The van der Waals surface area contributed by atoms with Crippen LogP contribution in [-0.2, 0) is 4.79 Å². The van der Waals surface area contributed by atoms with Gasteiger partial charge in [-0.05, 0) is 12.8 Å². The molecule has 0 aliphatic carbocycles. The minimum atomic E-state index is 0.199. The van der Waals surface area contributed by atoms with Crippen molar-refractivity contribution in [1.29, 1.82) is 0 Å². The Morgan fingerprint density at radius 2 is 1.93 bits per heavy atom. The Labute approximate surface area is 101 Å². The molecule has 0 spiro atoms. The summed E-state index contributed by atoms with van der Waals surface area (Å²) in [5, 5.41) is 4.48. The van der Waals surface area contributed by atoms with Crippen molar-refractivity contribution in [2.45, 2.75) is 55.1 Å². The molecule has 1 aliphatic rings. The maximum atomic E-state index is 11.3. The van der Waals surface area contributed by atoms with Crippen molar-refractivity contribution in [3.05, 3.63) is 0 Å². The molecule has 0 aromatic carbocycles. The van der Waals surface area contributed by atoms with Crippen molar-refractivity contribution in [3.8, 4) is 0 Å². The second-order valence-electron chi connectivity index (χ2n) is 4.11. The van der Waals surface area contributed by atoms with E-state index < -0.39 is 0 Å². The fourth-order valence-electron chi connectivity index (χ4n) is 1.74. The highest BCUT2D eigenvalue weighted by Crippen LogP contribution is 2.39. The molecule has 1 rings (SSSR count). The Balaban J connectivity index is 2.23. The van der Waals surface area contributed by atoms with Gasteiger partial charge in [-0.15, -0.1) is 23.5 Å². The Hall–Kier alpha value is 0.170. The number of amides is 1. The lowest BCUT2D eigenvalue weighted by atomic mass is 10.3. The molecule has 1 N–H and O–H groups in total. The van der Waals surface area contributed by atoms with Gasteiger partial charge in [-0.3, -0.25) is 4.79 Å². The Morgan fingerprint density at radius 3 is 2.47 bits per heavy atom. The predicted molar refractivity (Wildman–Crippen MR) is 70.4 cm³/mol. The minimum Gasteiger partial charge on any atom is -0.354 e. The molecule has 0 radical (unpaired) electrons. The molecule has 4 heteroatoms. The maximum absolute atomic E-state index is 11.3. The third-order valence-electron chi connectivity index (χ3n) is 2.37. The molecule has 2 unspecified atom stereocenters. The van der Waals surface area contributed by atoms with E-state index in [1.165, 1.54) is 6.42 Å². The number of carbonyl (C=O) groups excluding carboxylic acids is 1. The number of nitrogens with one attached hydrogen (secondary N) is 1. The average molecular weight is 247 g/mol. The molecule has 1 fully saturated rings. The summed E-state index contributed by atoms with van der Waals surface area (Å²) in [6.07, 6.45) is 2.88. The standard InChI is InChI=1S/C11H21NOS2/c1-4-5-10(13)12-7-11-14-8(2)6-9(3)15-11/h8-9,11H,4-7H2,1-3H3,(H,12,13)/t8-,9?,11?/m0/s1. The van der Waals surface area contributed by atoms with Gasteiger partial charge in [-0.2, -0.15) is 0 Å². The van der Waals surface area contributed by atoms with Gasteiger partial charge in [0.1, 0.15) is 0 Å². The molecule has 0 saturated carbocycles. The normalized spacial score (nSPS) is 31.3. The van der Waals surface area contributed by atoms with E-state index >= 15 is 0 Å². The van der Waals surface area contributed by atoms with Gasteiger partial charge in [0.25, 0.3) is 0 Å². The van der Waals surface area contributed by atoms with E-state index in [9.17, 15) is 4.79 Å². The lowest BCUT2D eigenvalue weighted by Gasteiger charge is -2.30. The van der Waals surface area contributed by atoms with Gasteiger partial charge in [-0.25, -0.2) is 0 Å². The van der Waals surface area contributed by atoms with Crippen LogP contribution >= 0.6 is 23.5 Å². The van der Waals surface area contributed by atoms with Crippen LogP contribution in [0.25, 0.3) is 0 Å². The Kier molecular flexibility index (Phi) is 5.90. The second kappa shape index (κ2) is 6.69. The third kappa shape index (κ3) is 5.16. The molecule has 1 amide bonds. The summed E-state index contributed by atoms with van der Waals surface area (Å²) in [4.78, 5) is 11.3. The van der Waals surface area contributed by atoms with Crippen molar-refractivity contribution in [1.82, 2.24) is 5.32 Å². The number of hydrogen-bond donors (Lipinski definition) is 1. The van der Waals surface area contributed by atoms with Crippen LogP contribution < -0.4 is 5.32 Å². The zero-order valence-electron chi connectivity index (χ0n) is 9.79. The van der Waals surface area contributed by atoms with Gasteiger partial charge in [0.05, 0.1) is 4.58 Å². The monoisotopic (exact) mass is 247 g/mol. The lowest BCUT2D eigenvalue weighted by molar-refractivity contribution is -0.121. The second-order valence-corrected chi connectivity index (χ2v) is 7.70. The van der Waals surface area contributed by atoms with E-state index in [2.05, 4.69) is 19.2 Å². The summed E-state index contributed by atoms with van der Waals surface area (Å²) in [6.45, 7) is 7.42. The first-order valence-corrected chi connectivity index (χ1v) is 7.58. The fraction of sp³-hybridized carbons (Fsp3) is 0.909. The first-order valence-electron chi connectivity index (χ1n) is 5.69. The van der Waals surface area contributed by atoms with Gasteiger partial charge in [-0.1, -0.05) is 20.8 Å². The van der Waals surface area contributed by atoms with Crippen LogP contribution in [0.3, 0.4) is 0 Å². The van der Waals surface area contributed by atoms with Gasteiger partial charge < -0.3 is 5.32 Å². The fourth-order valence-corrected chi connectivity index (χ4v) is 5.45. The zero-order chi connectivity index (χ0) is 11.3. The number of hydrogen-bond acceptors (Lipinski definition) is 3. The molecule has 1 heterocycles. The van der Waals surface area contributed by atoms with Crippen LogP contribution in [0.2, 0.25) is 0 Å². The van der Waals surface area contributed by atoms with Crippen molar-refractivity contribution in [2.24, 2.45) is 0 Å². The highest BCUT2D eigenvalue weighted by molar-refractivity contribution is 8.18. The van der Waals surface area contributed by atoms with Crippen LogP contribution in [0, 0.1) is 0 Å². The predicted octanol–water partition coefficient (Wildman–Crippen LogP) is 2.88. The topological polar surface area (TPSA) is 29.1 Å². The van der Waals surface area contributed by atoms with Crippen LogP contribution in [0.5, 0.6) is 0 Å². The van der Waals surface area contributed by atoms with Crippen LogP contribution in [0.1, 0.15) is 40.0 Å². The minimum absolute atomic E-state index is 0.199. The smallest absolute Gasteiger partial charge is 0.220 e. The van der Waals surface area contributed by atoms with Crippen molar-refractivity contribution in [2.75, 3.05) is 6.54 Å². The first kappa shape index (κ1) is 13.2. The van der Waals surface area contributed by atoms with Crippen molar-refractivity contribution in [3.63, 3.8) is 0 Å². The summed E-state index contributed by atoms with van der Waals surface area (Å²) >= 11 is 4.00. The molecular formula is C11H21NOS2. The summed E-state index contributed by atoms with van der Waals surface area (Å²) < 4.78 is 0.546. The number of thioether (sulfide) groups is 2. The summed E-state index contributed by atoms with van der Waals surface area (Å²) in [7, 11) is 0.